The maximum absolute atomic E-state index is 11.0. The van der Waals surface area contributed by atoms with E-state index in [0.29, 0.717) is 11.3 Å². The highest BCUT2D eigenvalue weighted by Gasteiger charge is 2.42. The number of carbonyl (C=O) groups is 1. The molecule has 100 valence electrons. The average molecular weight is 285 g/mol. The van der Waals surface area contributed by atoms with E-state index in [9.17, 15) is 14.9 Å². The molecule has 0 aromatic heterocycles. The summed E-state index contributed by atoms with van der Waals surface area (Å²) in [5.41, 5.74) is -0.944. The van der Waals surface area contributed by atoms with Gasteiger partial charge in [0, 0.05) is 18.1 Å². The minimum absolute atomic E-state index is 0.00858. The molecule has 1 heterocycles. The summed E-state index contributed by atoms with van der Waals surface area (Å²) in [5, 5.41) is 23.5. The van der Waals surface area contributed by atoms with Crippen molar-refractivity contribution in [2.75, 3.05) is 0 Å². The maximum atomic E-state index is 11.0. The third-order valence-electron chi connectivity index (χ3n) is 2.79. The zero-order valence-electron chi connectivity index (χ0n) is 9.79. The second kappa shape index (κ2) is 4.51. The second-order valence-corrected chi connectivity index (χ2v) is 4.67. The summed E-state index contributed by atoms with van der Waals surface area (Å²) in [6.45, 7) is 1.39. The number of aliphatic carboxylic acids is 1. The van der Waals surface area contributed by atoms with Gasteiger partial charge in [0.2, 0.25) is 5.60 Å². The summed E-state index contributed by atoms with van der Waals surface area (Å²) in [6.07, 6.45) is 0.0289. The van der Waals surface area contributed by atoms with Crippen LogP contribution < -0.4 is 0 Å². The first-order valence-electron chi connectivity index (χ1n) is 5.26. The third-order valence-corrected chi connectivity index (χ3v) is 3.11. The number of nitro groups is 1. The van der Waals surface area contributed by atoms with Crippen LogP contribution in [0.15, 0.2) is 23.4 Å². The number of nitro benzene ring substituents is 1. The minimum Gasteiger partial charge on any atom is -0.478 e. The number of carboxylic acids is 1. The lowest BCUT2D eigenvalue weighted by molar-refractivity contribution is -0.384. The van der Waals surface area contributed by atoms with Crippen LogP contribution in [-0.2, 0) is 9.63 Å². The van der Waals surface area contributed by atoms with E-state index < -0.39 is 16.5 Å². The molecule has 1 atom stereocenters. The fourth-order valence-corrected chi connectivity index (χ4v) is 1.83. The van der Waals surface area contributed by atoms with Crippen LogP contribution in [0.4, 0.5) is 5.69 Å². The predicted octanol–water partition coefficient (Wildman–Crippen LogP) is 2.22. The lowest BCUT2D eigenvalue weighted by atomic mass is 9.96. The van der Waals surface area contributed by atoms with Crippen molar-refractivity contribution in [3.8, 4) is 0 Å². The summed E-state index contributed by atoms with van der Waals surface area (Å²) >= 11 is 5.70. The van der Waals surface area contributed by atoms with Crippen molar-refractivity contribution in [2.45, 2.75) is 18.9 Å². The Morgan fingerprint density at radius 1 is 1.63 bits per heavy atom. The van der Waals surface area contributed by atoms with Crippen molar-refractivity contribution < 1.29 is 19.7 Å². The van der Waals surface area contributed by atoms with Gasteiger partial charge < -0.3 is 9.94 Å². The molecule has 0 saturated carbocycles. The molecule has 0 radical (unpaired) electrons. The van der Waals surface area contributed by atoms with Gasteiger partial charge in [-0.1, -0.05) is 22.8 Å². The van der Waals surface area contributed by atoms with E-state index in [0.717, 1.165) is 0 Å². The predicted molar refractivity (Wildman–Crippen MR) is 66.4 cm³/mol. The van der Waals surface area contributed by atoms with Crippen molar-refractivity contribution in [1.29, 1.82) is 0 Å². The van der Waals surface area contributed by atoms with Crippen molar-refractivity contribution in [1.82, 2.24) is 0 Å². The molecule has 1 unspecified atom stereocenters. The first-order valence-corrected chi connectivity index (χ1v) is 5.64. The lowest BCUT2D eigenvalue weighted by Crippen LogP contribution is -2.35. The molecule has 1 aromatic carbocycles. The zero-order valence-corrected chi connectivity index (χ0v) is 10.5. The number of hydrogen-bond acceptors (Lipinski definition) is 5. The smallest absolute Gasteiger partial charge is 0.351 e. The van der Waals surface area contributed by atoms with Gasteiger partial charge in [-0.25, -0.2) is 4.79 Å². The van der Waals surface area contributed by atoms with Gasteiger partial charge in [-0.15, -0.1) is 0 Å². The molecule has 2 rings (SSSR count). The molecule has 0 amide bonds. The Morgan fingerprint density at radius 3 is 2.84 bits per heavy atom. The van der Waals surface area contributed by atoms with Gasteiger partial charge in [0.05, 0.1) is 10.6 Å². The largest absolute Gasteiger partial charge is 0.478 e. The normalized spacial score (nSPS) is 21.7. The summed E-state index contributed by atoms with van der Waals surface area (Å²) < 4.78 is 0. The van der Waals surface area contributed by atoms with Gasteiger partial charge in [-0.05, 0) is 13.0 Å². The van der Waals surface area contributed by atoms with Crippen molar-refractivity contribution >= 4 is 29.0 Å². The Bertz CT molecular complexity index is 601. The Morgan fingerprint density at radius 2 is 2.32 bits per heavy atom. The molecule has 7 nitrogen and oxygen atoms in total. The Labute approximate surface area is 112 Å². The molecule has 8 heteroatoms. The van der Waals surface area contributed by atoms with Crippen LogP contribution in [0.3, 0.4) is 0 Å². The molecular weight excluding hydrogens is 276 g/mol. The standard InChI is InChI=1S/C11H9ClN2O5/c1-11(10(15)16)5-8(13-19-11)6-2-3-7(12)9(4-6)14(17)18/h2-4H,5H2,1H3,(H,15,16). The van der Waals surface area contributed by atoms with Gasteiger partial charge in [-0.3, -0.25) is 10.1 Å². The molecule has 1 aliphatic heterocycles. The van der Waals surface area contributed by atoms with Crippen LogP contribution in [0.1, 0.15) is 18.9 Å². The average Bonchev–Trinajstić information content (AvgIpc) is 2.73. The van der Waals surface area contributed by atoms with Crippen LogP contribution in [0.25, 0.3) is 0 Å². The fourth-order valence-electron chi connectivity index (χ4n) is 1.64. The van der Waals surface area contributed by atoms with Crippen LogP contribution in [0, 0.1) is 10.1 Å². The van der Waals surface area contributed by atoms with E-state index in [2.05, 4.69) is 5.16 Å². The highest BCUT2D eigenvalue weighted by molar-refractivity contribution is 6.32. The van der Waals surface area contributed by atoms with Crippen molar-refractivity contribution in [3.63, 3.8) is 0 Å². The number of benzene rings is 1. The van der Waals surface area contributed by atoms with E-state index >= 15 is 0 Å². The molecule has 19 heavy (non-hydrogen) atoms. The van der Waals surface area contributed by atoms with Gasteiger partial charge in [-0.2, -0.15) is 0 Å². The number of halogens is 1. The highest BCUT2D eigenvalue weighted by atomic mass is 35.5. The Balaban J connectivity index is 2.33. The fraction of sp³-hybridized carbons (Fsp3) is 0.273. The summed E-state index contributed by atoms with van der Waals surface area (Å²) in [6, 6.07) is 4.15. The van der Waals surface area contributed by atoms with E-state index in [1.807, 2.05) is 0 Å². The van der Waals surface area contributed by atoms with Crippen molar-refractivity contribution in [2.24, 2.45) is 5.16 Å². The summed E-state index contributed by atoms with van der Waals surface area (Å²) in [5.74, 6) is -1.14. The van der Waals surface area contributed by atoms with Gasteiger partial charge >= 0.3 is 5.97 Å². The van der Waals surface area contributed by atoms with E-state index in [4.69, 9.17) is 21.5 Å². The minimum atomic E-state index is -1.44. The molecule has 0 fully saturated rings. The highest BCUT2D eigenvalue weighted by Crippen LogP contribution is 2.30. The van der Waals surface area contributed by atoms with E-state index in [-0.39, 0.29) is 17.1 Å². The molecule has 0 bridgehead atoms. The van der Waals surface area contributed by atoms with Crippen molar-refractivity contribution in [3.05, 3.63) is 38.9 Å². The van der Waals surface area contributed by atoms with Crippen LogP contribution in [-0.4, -0.2) is 27.3 Å². The van der Waals surface area contributed by atoms with Crippen LogP contribution >= 0.6 is 11.6 Å². The Kier molecular flexibility index (Phi) is 3.15. The quantitative estimate of drug-likeness (QED) is 0.677. The molecule has 1 aliphatic rings. The topological polar surface area (TPSA) is 102 Å². The third kappa shape index (κ3) is 2.37. The van der Waals surface area contributed by atoms with E-state index in [1.54, 1.807) is 0 Å². The van der Waals surface area contributed by atoms with Crippen LogP contribution in [0.5, 0.6) is 0 Å². The molecule has 0 spiro atoms. The number of hydrogen-bond donors (Lipinski definition) is 1. The number of carboxylic acid groups (broad SMARTS) is 1. The SMILES string of the molecule is CC1(C(=O)O)CC(c2ccc(Cl)c([N+](=O)[O-])c2)=NO1. The molecular formula is C11H9ClN2O5. The lowest BCUT2D eigenvalue weighted by Gasteiger charge is -2.14. The first kappa shape index (κ1) is 13.3. The summed E-state index contributed by atoms with van der Waals surface area (Å²) in [7, 11) is 0. The van der Waals surface area contributed by atoms with Crippen LogP contribution in [0.2, 0.25) is 5.02 Å². The number of oxime groups is 1. The van der Waals surface area contributed by atoms with Gasteiger partial charge in [0.1, 0.15) is 5.02 Å². The molecule has 1 N–H and O–H groups in total. The molecule has 0 aliphatic carbocycles. The number of rotatable bonds is 3. The zero-order chi connectivity index (χ0) is 14.2. The van der Waals surface area contributed by atoms with Gasteiger partial charge in [0.15, 0.2) is 0 Å². The monoisotopic (exact) mass is 284 g/mol. The summed E-state index contributed by atoms with van der Waals surface area (Å²) in [4.78, 5) is 26.1. The van der Waals surface area contributed by atoms with Gasteiger partial charge in [0.25, 0.3) is 5.69 Å². The second-order valence-electron chi connectivity index (χ2n) is 4.27. The molecule has 0 saturated heterocycles. The number of nitrogens with zero attached hydrogens (tertiary/aromatic N) is 2. The Hall–Kier alpha value is -2.15. The van der Waals surface area contributed by atoms with E-state index in [1.165, 1.54) is 25.1 Å². The first-order chi connectivity index (χ1) is 8.83. The maximum Gasteiger partial charge on any atom is 0.351 e. The molecule has 1 aromatic rings.